The summed E-state index contributed by atoms with van der Waals surface area (Å²) in [4.78, 5) is 17.7. The molecule has 1 N–H and O–H groups in total. The fourth-order valence-electron chi connectivity index (χ4n) is 2.19. The van der Waals surface area contributed by atoms with E-state index in [0.717, 1.165) is 23.2 Å². The summed E-state index contributed by atoms with van der Waals surface area (Å²) >= 11 is 0. The molecule has 0 radical (unpaired) electrons. The van der Waals surface area contributed by atoms with Gasteiger partial charge in [-0.25, -0.2) is 0 Å². The van der Waals surface area contributed by atoms with Gasteiger partial charge < -0.3 is 14.6 Å². The molecule has 0 saturated heterocycles. The lowest BCUT2D eigenvalue weighted by atomic mass is 10.2. The Balaban J connectivity index is 2.25. The molecule has 2 aromatic rings. The lowest BCUT2D eigenvalue weighted by molar-refractivity contribution is 0.297. The van der Waals surface area contributed by atoms with E-state index in [1.165, 1.54) is 0 Å². The van der Waals surface area contributed by atoms with E-state index in [4.69, 9.17) is 4.74 Å². The number of ether oxygens (including phenoxy) is 1. The molecule has 0 aliphatic carbocycles. The van der Waals surface area contributed by atoms with Gasteiger partial charge in [0, 0.05) is 18.3 Å². The molecule has 0 unspecified atom stereocenters. The molecule has 1 heterocycles. The van der Waals surface area contributed by atoms with Crippen molar-refractivity contribution in [1.82, 2.24) is 9.88 Å². The predicted molar refractivity (Wildman–Crippen MR) is 84.6 cm³/mol. The highest BCUT2D eigenvalue weighted by Crippen LogP contribution is 2.15. The molecule has 0 fully saturated rings. The summed E-state index contributed by atoms with van der Waals surface area (Å²) in [6.45, 7) is 3.01. The van der Waals surface area contributed by atoms with Gasteiger partial charge in [-0.1, -0.05) is 37.3 Å². The van der Waals surface area contributed by atoms with Gasteiger partial charge in [0.15, 0.2) is 5.75 Å². The van der Waals surface area contributed by atoms with Crippen LogP contribution in [0, 0.1) is 0 Å². The molecule has 4 heteroatoms. The standard InChI is InChI=1S/C17H22N2O2/c1-4-15-17(21-12-13-8-6-5-7-9-13)16(20)14(10-18-15)11-19(2)3/h5-10H,4,11-12H2,1-3H3,(H,18,20). The zero-order valence-electron chi connectivity index (χ0n) is 12.8. The number of hydrogen-bond acceptors (Lipinski definition) is 3. The van der Waals surface area contributed by atoms with Gasteiger partial charge in [0.05, 0.1) is 5.69 Å². The minimum atomic E-state index is -0.0183. The van der Waals surface area contributed by atoms with Gasteiger partial charge in [-0.05, 0) is 26.1 Å². The van der Waals surface area contributed by atoms with Crippen LogP contribution in [0.1, 0.15) is 23.7 Å². The largest absolute Gasteiger partial charge is 0.483 e. The Kier molecular flexibility index (Phi) is 5.17. The molecule has 0 atom stereocenters. The van der Waals surface area contributed by atoms with E-state index >= 15 is 0 Å². The first-order valence-corrected chi connectivity index (χ1v) is 7.16. The van der Waals surface area contributed by atoms with Gasteiger partial charge in [-0.15, -0.1) is 0 Å². The maximum absolute atomic E-state index is 12.5. The number of hydrogen-bond donors (Lipinski definition) is 1. The van der Waals surface area contributed by atoms with Gasteiger partial charge >= 0.3 is 0 Å². The van der Waals surface area contributed by atoms with Crippen molar-refractivity contribution >= 4 is 0 Å². The van der Waals surface area contributed by atoms with E-state index in [9.17, 15) is 4.79 Å². The average molecular weight is 286 g/mol. The van der Waals surface area contributed by atoms with Crippen molar-refractivity contribution < 1.29 is 4.74 Å². The number of benzene rings is 1. The fraction of sp³-hybridized carbons (Fsp3) is 0.353. The number of pyridine rings is 1. The normalized spacial score (nSPS) is 10.9. The van der Waals surface area contributed by atoms with Crippen LogP contribution in [0.15, 0.2) is 41.3 Å². The van der Waals surface area contributed by atoms with Crippen LogP contribution in [0.4, 0.5) is 0 Å². The summed E-state index contributed by atoms with van der Waals surface area (Å²) < 4.78 is 5.80. The number of aromatic amines is 1. The number of rotatable bonds is 6. The molecule has 21 heavy (non-hydrogen) atoms. The van der Waals surface area contributed by atoms with Crippen LogP contribution in [-0.2, 0) is 19.6 Å². The first kappa shape index (κ1) is 15.3. The SMILES string of the molecule is CCc1[nH]cc(CN(C)C)c(=O)c1OCc1ccccc1. The van der Waals surface area contributed by atoms with E-state index in [1.54, 1.807) is 6.20 Å². The molecule has 4 nitrogen and oxygen atoms in total. The summed E-state index contributed by atoms with van der Waals surface area (Å²) in [7, 11) is 3.88. The molecule has 0 amide bonds. The van der Waals surface area contributed by atoms with Gasteiger partial charge in [-0.2, -0.15) is 0 Å². The van der Waals surface area contributed by atoms with Crippen LogP contribution in [0.5, 0.6) is 5.75 Å². The Morgan fingerprint density at radius 1 is 1.19 bits per heavy atom. The van der Waals surface area contributed by atoms with E-state index in [0.29, 0.717) is 18.9 Å². The summed E-state index contributed by atoms with van der Waals surface area (Å²) in [5.41, 5.74) is 2.60. The van der Waals surface area contributed by atoms with E-state index in [1.807, 2.05) is 56.3 Å². The summed E-state index contributed by atoms with van der Waals surface area (Å²) in [5.74, 6) is 0.445. The minimum absolute atomic E-state index is 0.0183. The van der Waals surface area contributed by atoms with Crippen molar-refractivity contribution in [2.24, 2.45) is 0 Å². The number of nitrogens with zero attached hydrogens (tertiary/aromatic N) is 1. The second kappa shape index (κ2) is 7.09. The van der Waals surface area contributed by atoms with Gasteiger partial charge in [-0.3, -0.25) is 4.79 Å². The van der Waals surface area contributed by atoms with Crippen molar-refractivity contribution in [3.05, 3.63) is 63.6 Å². The van der Waals surface area contributed by atoms with Crippen LogP contribution in [0.25, 0.3) is 0 Å². The van der Waals surface area contributed by atoms with Gasteiger partial charge in [0.2, 0.25) is 5.43 Å². The topological polar surface area (TPSA) is 45.3 Å². The molecule has 0 aliphatic rings. The highest BCUT2D eigenvalue weighted by Gasteiger charge is 2.12. The Hall–Kier alpha value is -2.07. The lowest BCUT2D eigenvalue weighted by Gasteiger charge is -2.14. The highest BCUT2D eigenvalue weighted by atomic mass is 16.5. The van der Waals surface area contributed by atoms with E-state index < -0.39 is 0 Å². The second-order valence-corrected chi connectivity index (χ2v) is 5.32. The van der Waals surface area contributed by atoms with Crippen LogP contribution in [0.2, 0.25) is 0 Å². The molecular formula is C17H22N2O2. The first-order chi connectivity index (χ1) is 10.1. The third-order valence-corrected chi connectivity index (χ3v) is 3.26. The maximum Gasteiger partial charge on any atom is 0.228 e. The van der Waals surface area contributed by atoms with Crippen LogP contribution >= 0.6 is 0 Å². The minimum Gasteiger partial charge on any atom is -0.483 e. The van der Waals surface area contributed by atoms with Gasteiger partial charge in [0.1, 0.15) is 6.61 Å². The third-order valence-electron chi connectivity index (χ3n) is 3.26. The van der Waals surface area contributed by atoms with Crippen molar-refractivity contribution in [2.75, 3.05) is 14.1 Å². The Morgan fingerprint density at radius 3 is 2.52 bits per heavy atom. The zero-order chi connectivity index (χ0) is 15.2. The Bertz CT molecular complexity index is 633. The van der Waals surface area contributed by atoms with Crippen LogP contribution in [-0.4, -0.2) is 24.0 Å². The number of nitrogens with one attached hydrogen (secondary N) is 1. The van der Waals surface area contributed by atoms with Crippen molar-refractivity contribution in [1.29, 1.82) is 0 Å². The third kappa shape index (κ3) is 3.95. The van der Waals surface area contributed by atoms with Gasteiger partial charge in [0.25, 0.3) is 0 Å². The predicted octanol–water partition coefficient (Wildman–Crippen LogP) is 2.58. The smallest absolute Gasteiger partial charge is 0.228 e. The highest BCUT2D eigenvalue weighted by molar-refractivity contribution is 5.32. The van der Waals surface area contributed by atoms with Crippen molar-refractivity contribution in [3.8, 4) is 5.75 Å². The Morgan fingerprint density at radius 2 is 1.90 bits per heavy atom. The molecule has 1 aromatic heterocycles. The molecule has 0 aliphatic heterocycles. The molecule has 2 rings (SSSR count). The summed E-state index contributed by atoms with van der Waals surface area (Å²) in [6, 6.07) is 9.87. The lowest BCUT2D eigenvalue weighted by Crippen LogP contribution is -2.21. The van der Waals surface area contributed by atoms with E-state index in [-0.39, 0.29) is 5.43 Å². The van der Waals surface area contributed by atoms with Crippen molar-refractivity contribution in [3.63, 3.8) is 0 Å². The summed E-state index contributed by atoms with van der Waals surface area (Å²) in [6.07, 6.45) is 2.53. The second-order valence-electron chi connectivity index (χ2n) is 5.32. The molecular weight excluding hydrogens is 264 g/mol. The quantitative estimate of drug-likeness (QED) is 0.887. The molecule has 0 spiro atoms. The molecule has 0 bridgehead atoms. The number of aromatic nitrogens is 1. The average Bonchev–Trinajstić information content (AvgIpc) is 2.48. The van der Waals surface area contributed by atoms with Crippen molar-refractivity contribution in [2.45, 2.75) is 26.5 Å². The maximum atomic E-state index is 12.5. The van der Waals surface area contributed by atoms with Crippen LogP contribution in [0.3, 0.4) is 0 Å². The molecule has 1 aromatic carbocycles. The van der Waals surface area contributed by atoms with E-state index in [2.05, 4.69) is 4.98 Å². The van der Waals surface area contributed by atoms with Crippen LogP contribution < -0.4 is 10.2 Å². The number of H-pyrrole nitrogens is 1. The monoisotopic (exact) mass is 286 g/mol. The zero-order valence-corrected chi connectivity index (χ0v) is 12.8. The Labute approximate surface area is 125 Å². The number of aryl methyl sites for hydroxylation is 1. The molecule has 112 valence electrons. The first-order valence-electron chi connectivity index (χ1n) is 7.16. The molecule has 0 saturated carbocycles. The fourth-order valence-corrected chi connectivity index (χ4v) is 2.19. The summed E-state index contributed by atoms with van der Waals surface area (Å²) in [5, 5.41) is 0.